The topological polar surface area (TPSA) is 21.3 Å². The molecule has 0 saturated carbocycles. The summed E-state index contributed by atoms with van der Waals surface area (Å²) < 4.78 is 5.71. The summed E-state index contributed by atoms with van der Waals surface area (Å²) in [6.07, 6.45) is 1.04. The Morgan fingerprint density at radius 1 is 1.31 bits per heavy atom. The number of anilines is 1. The molecule has 90 valence electrons. The van der Waals surface area contributed by atoms with Gasteiger partial charge in [-0.1, -0.05) is 26.8 Å². The molecule has 0 aromatic heterocycles. The molecule has 0 aliphatic rings. The molecule has 0 aliphatic carbocycles. The molecule has 16 heavy (non-hydrogen) atoms. The second-order valence-corrected chi connectivity index (χ2v) is 4.62. The van der Waals surface area contributed by atoms with Crippen molar-refractivity contribution in [3.63, 3.8) is 0 Å². The van der Waals surface area contributed by atoms with Crippen LogP contribution < -0.4 is 10.1 Å². The summed E-state index contributed by atoms with van der Waals surface area (Å²) in [5.41, 5.74) is 2.37. The predicted molar refractivity (Wildman–Crippen MR) is 70.3 cm³/mol. The lowest BCUT2D eigenvalue weighted by atomic mass is 10.2. The zero-order chi connectivity index (χ0) is 12.0. The van der Waals surface area contributed by atoms with Crippen molar-refractivity contribution in [2.75, 3.05) is 18.5 Å². The third kappa shape index (κ3) is 4.13. The van der Waals surface area contributed by atoms with Gasteiger partial charge in [-0.25, -0.2) is 0 Å². The normalized spacial score (nSPS) is 10.6. The smallest absolute Gasteiger partial charge is 0.142 e. The van der Waals surface area contributed by atoms with E-state index in [-0.39, 0.29) is 0 Å². The minimum Gasteiger partial charge on any atom is -0.491 e. The van der Waals surface area contributed by atoms with Gasteiger partial charge in [0.2, 0.25) is 0 Å². The van der Waals surface area contributed by atoms with Crippen molar-refractivity contribution in [1.82, 2.24) is 0 Å². The van der Waals surface area contributed by atoms with Gasteiger partial charge in [0.15, 0.2) is 0 Å². The van der Waals surface area contributed by atoms with E-state index in [2.05, 4.69) is 45.1 Å². The molecule has 0 radical (unpaired) electrons. The summed E-state index contributed by atoms with van der Waals surface area (Å²) in [6, 6.07) is 6.28. The summed E-state index contributed by atoms with van der Waals surface area (Å²) in [5, 5.41) is 3.44. The van der Waals surface area contributed by atoms with Gasteiger partial charge in [0.25, 0.3) is 0 Å². The summed E-state index contributed by atoms with van der Waals surface area (Å²) >= 11 is 0. The van der Waals surface area contributed by atoms with E-state index in [4.69, 9.17) is 4.74 Å². The van der Waals surface area contributed by atoms with Crippen molar-refractivity contribution in [2.45, 2.75) is 34.1 Å². The fourth-order valence-electron chi connectivity index (χ4n) is 1.43. The number of benzene rings is 1. The van der Waals surface area contributed by atoms with E-state index in [9.17, 15) is 0 Å². The molecule has 0 spiro atoms. The van der Waals surface area contributed by atoms with E-state index in [1.807, 2.05) is 6.07 Å². The molecule has 1 N–H and O–H groups in total. The highest BCUT2D eigenvalue weighted by Gasteiger charge is 2.04. The van der Waals surface area contributed by atoms with E-state index >= 15 is 0 Å². The fraction of sp³-hybridized carbons (Fsp3) is 0.571. The first-order valence-electron chi connectivity index (χ1n) is 6.10. The van der Waals surface area contributed by atoms with Crippen LogP contribution >= 0.6 is 0 Å². The number of ether oxygens (including phenoxy) is 1. The molecule has 1 rings (SSSR count). The van der Waals surface area contributed by atoms with Gasteiger partial charge in [-0.2, -0.15) is 0 Å². The zero-order valence-electron chi connectivity index (χ0n) is 10.8. The standard InChI is InChI=1S/C14H23NO/c1-5-8-16-14-7-6-12(4)9-13(14)15-10-11(2)3/h6-7,9,11,15H,5,8,10H2,1-4H3. The Labute approximate surface area is 99.0 Å². The highest BCUT2D eigenvalue weighted by molar-refractivity contribution is 5.58. The van der Waals surface area contributed by atoms with Crippen LogP contribution in [0.25, 0.3) is 0 Å². The van der Waals surface area contributed by atoms with Crippen LogP contribution in [0.4, 0.5) is 5.69 Å². The quantitative estimate of drug-likeness (QED) is 0.787. The lowest BCUT2D eigenvalue weighted by Crippen LogP contribution is -2.09. The molecule has 0 aliphatic heterocycles. The van der Waals surface area contributed by atoms with Crippen LogP contribution in [0, 0.1) is 12.8 Å². The molecule has 2 heteroatoms. The molecule has 0 unspecified atom stereocenters. The number of rotatable bonds is 6. The maximum atomic E-state index is 5.71. The van der Waals surface area contributed by atoms with Gasteiger partial charge >= 0.3 is 0 Å². The first kappa shape index (κ1) is 12.9. The third-order valence-electron chi connectivity index (χ3n) is 2.30. The van der Waals surface area contributed by atoms with Crippen molar-refractivity contribution in [3.05, 3.63) is 23.8 Å². The Bertz CT molecular complexity index is 321. The maximum Gasteiger partial charge on any atom is 0.142 e. The van der Waals surface area contributed by atoms with Crippen LogP contribution in [0.15, 0.2) is 18.2 Å². The summed E-state index contributed by atoms with van der Waals surface area (Å²) in [4.78, 5) is 0. The van der Waals surface area contributed by atoms with E-state index < -0.39 is 0 Å². The van der Waals surface area contributed by atoms with Crippen LogP contribution in [-0.4, -0.2) is 13.2 Å². The minimum absolute atomic E-state index is 0.638. The highest BCUT2D eigenvalue weighted by atomic mass is 16.5. The second-order valence-electron chi connectivity index (χ2n) is 4.62. The van der Waals surface area contributed by atoms with Crippen LogP contribution in [0.2, 0.25) is 0 Å². The Balaban J connectivity index is 2.72. The van der Waals surface area contributed by atoms with E-state index in [1.165, 1.54) is 5.56 Å². The SMILES string of the molecule is CCCOc1ccc(C)cc1NCC(C)C. The fourth-order valence-corrected chi connectivity index (χ4v) is 1.43. The van der Waals surface area contributed by atoms with E-state index in [1.54, 1.807) is 0 Å². The summed E-state index contributed by atoms with van der Waals surface area (Å²) in [6.45, 7) is 10.4. The van der Waals surface area contributed by atoms with Crippen LogP contribution in [0.1, 0.15) is 32.8 Å². The number of hydrogen-bond donors (Lipinski definition) is 1. The highest BCUT2D eigenvalue weighted by Crippen LogP contribution is 2.26. The molecule has 0 atom stereocenters. The first-order valence-corrected chi connectivity index (χ1v) is 6.10. The molecular formula is C14H23NO. The molecule has 1 aromatic carbocycles. The van der Waals surface area contributed by atoms with E-state index in [0.29, 0.717) is 5.92 Å². The van der Waals surface area contributed by atoms with Gasteiger partial charge in [0, 0.05) is 6.54 Å². The number of hydrogen-bond acceptors (Lipinski definition) is 2. The average molecular weight is 221 g/mol. The number of nitrogens with one attached hydrogen (secondary N) is 1. The Hall–Kier alpha value is -1.18. The Kier molecular flexibility index (Phi) is 5.17. The zero-order valence-corrected chi connectivity index (χ0v) is 10.8. The number of aryl methyl sites for hydroxylation is 1. The average Bonchev–Trinajstić information content (AvgIpc) is 2.25. The lowest BCUT2D eigenvalue weighted by Gasteiger charge is -2.15. The van der Waals surface area contributed by atoms with Crippen molar-refractivity contribution >= 4 is 5.69 Å². The molecule has 0 heterocycles. The molecule has 2 nitrogen and oxygen atoms in total. The predicted octanol–water partition coefficient (Wildman–Crippen LogP) is 3.85. The van der Waals surface area contributed by atoms with Gasteiger partial charge in [-0.15, -0.1) is 0 Å². The van der Waals surface area contributed by atoms with E-state index in [0.717, 1.165) is 31.0 Å². The third-order valence-corrected chi connectivity index (χ3v) is 2.30. The van der Waals surface area contributed by atoms with Crippen molar-refractivity contribution in [1.29, 1.82) is 0 Å². The minimum atomic E-state index is 0.638. The first-order chi connectivity index (χ1) is 7.63. The molecule has 0 fully saturated rings. The molecule has 0 amide bonds. The Morgan fingerprint density at radius 3 is 2.69 bits per heavy atom. The molecule has 0 saturated heterocycles. The van der Waals surface area contributed by atoms with Gasteiger partial charge < -0.3 is 10.1 Å². The Morgan fingerprint density at radius 2 is 2.06 bits per heavy atom. The van der Waals surface area contributed by atoms with Gasteiger partial charge in [-0.05, 0) is 37.0 Å². The maximum absolute atomic E-state index is 5.71. The van der Waals surface area contributed by atoms with Crippen LogP contribution in [0.3, 0.4) is 0 Å². The summed E-state index contributed by atoms with van der Waals surface area (Å²) in [5.74, 6) is 1.60. The van der Waals surface area contributed by atoms with Crippen LogP contribution in [0.5, 0.6) is 5.75 Å². The molecule has 0 bridgehead atoms. The monoisotopic (exact) mass is 221 g/mol. The second kappa shape index (κ2) is 6.41. The van der Waals surface area contributed by atoms with Crippen molar-refractivity contribution < 1.29 is 4.74 Å². The van der Waals surface area contributed by atoms with Gasteiger partial charge in [-0.3, -0.25) is 0 Å². The van der Waals surface area contributed by atoms with Crippen molar-refractivity contribution in [3.8, 4) is 5.75 Å². The van der Waals surface area contributed by atoms with Gasteiger partial charge in [0.05, 0.1) is 12.3 Å². The van der Waals surface area contributed by atoms with Crippen molar-refractivity contribution in [2.24, 2.45) is 5.92 Å². The van der Waals surface area contributed by atoms with Gasteiger partial charge in [0.1, 0.15) is 5.75 Å². The summed E-state index contributed by atoms with van der Waals surface area (Å²) in [7, 11) is 0. The molecular weight excluding hydrogens is 198 g/mol. The van der Waals surface area contributed by atoms with Crippen LogP contribution in [-0.2, 0) is 0 Å². The lowest BCUT2D eigenvalue weighted by molar-refractivity contribution is 0.318. The molecule has 1 aromatic rings. The largest absolute Gasteiger partial charge is 0.491 e.